The first kappa shape index (κ1) is 15.0. The van der Waals surface area contributed by atoms with Crippen molar-refractivity contribution in [1.82, 2.24) is 4.57 Å². The van der Waals surface area contributed by atoms with Gasteiger partial charge in [-0.2, -0.15) is 13.2 Å². The average molecular weight is 366 g/mol. The molecule has 0 aromatic carbocycles. The highest BCUT2D eigenvalue weighted by molar-refractivity contribution is 9.11. The molecule has 0 unspecified atom stereocenters. The topological polar surface area (TPSA) is 39.1 Å². The van der Waals surface area contributed by atoms with Crippen LogP contribution in [0.2, 0.25) is 0 Å². The molecule has 0 aliphatic carbocycles. The van der Waals surface area contributed by atoms with E-state index in [1.807, 2.05) is 0 Å². The van der Waals surface area contributed by atoms with Crippen LogP contribution in [0, 0.1) is 0 Å². The van der Waals surface area contributed by atoms with Crippen molar-refractivity contribution in [3.8, 4) is 0 Å². The minimum absolute atomic E-state index is 0.292. The number of rotatable bonds is 3. The standard InChI is InChI=1S/C12H7BrF3NO2S/c13-10-5-4-8(20-10)7(18)6-17-9(12(14,15)16)2-1-3-11(17)19/h1-5H,6H2. The molecular formula is C12H7BrF3NO2S. The van der Waals surface area contributed by atoms with Crippen LogP contribution in [0.1, 0.15) is 15.4 Å². The molecule has 0 N–H and O–H groups in total. The molecule has 2 aromatic heterocycles. The van der Waals surface area contributed by atoms with Crippen LogP contribution in [-0.4, -0.2) is 10.4 Å². The highest BCUT2D eigenvalue weighted by Gasteiger charge is 2.34. The predicted molar refractivity (Wildman–Crippen MR) is 72.1 cm³/mol. The van der Waals surface area contributed by atoms with Gasteiger partial charge in [-0.25, -0.2) is 0 Å². The lowest BCUT2D eigenvalue weighted by Crippen LogP contribution is -2.29. The van der Waals surface area contributed by atoms with E-state index in [1.54, 1.807) is 6.07 Å². The van der Waals surface area contributed by atoms with Gasteiger partial charge in [0.1, 0.15) is 5.69 Å². The van der Waals surface area contributed by atoms with Gasteiger partial charge in [0, 0.05) is 6.07 Å². The van der Waals surface area contributed by atoms with Gasteiger partial charge in [-0.05, 0) is 34.1 Å². The molecule has 0 spiro atoms. The van der Waals surface area contributed by atoms with E-state index < -0.39 is 29.8 Å². The predicted octanol–water partition coefficient (Wildman–Crippen LogP) is 3.57. The first-order chi connectivity index (χ1) is 9.29. The van der Waals surface area contributed by atoms with Crippen LogP contribution in [-0.2, 0) is 12.7 Å². The third kappa shape index (κ3) is 3.18. The number of halogens is 4. The van der Waals surface area contributed by atoms with Crippen LogP contribution < -0.4 is 5.56 Å². The number of carbonyl (C=O) groups excluding carboxylic acids is 1. The molecule has 0 aliphatic heterocycles. The molecule has 8 heteroatoms. The van der Waals surface area contributed by atoms with Gasteiger partial charge >= 0.3 is 6.18 Å². The van der Waals surface area contributed by atoms with E-state index in [0.717, 1.165) is 29.5 Å². The van der Waals surface area contributed by atoms with Crippen LogP contribution in [0.25, 0.3) is 0 Å². The molecular weight excluding hydrogens is 359 g/mol. The van der Waals surface area contributed by atoms with Crippen LogP contribution >= 0.6 is 27.3 Å². The number of Topliss-reactive ketones (excluding diaryl/α,β-unsaturated/α-hetero) is 1. The van der Waals surface area contributed by atoms with Gasteiger partial charge in [-0.15, -0.1) is 11.3 Å². The van der Waals surface area contributed by atoms with Gasteiger partial charge in [0.15, 0.2) is 5.78 Å². The molecule has 0 bridgehead atoms. The maximum atomic E-state index is 12.8. The number of hydrogen-bond donors (Lipinski definition) is 0. The number of pyridine rings is 1. The van der Waals surface area contributed by atoms with E-state index in [9.17, 15) is 22.8 Å². The van der Waals surface area contributed by atoms with Crippen molar-refractivity contribution in [1.29, 1.82) is 0 Å². The summed E-state index contributed by atoms with van der Waals surface area (Å²) >= 11 is 4.27. The van der Waals surface area contributed by atoms with E-state index in [4.69, 9.17) is 0 Å². The van der Waals surface area contributed by atoms with Gasteiger partial charge < -0.3 is 0 Å². The number of thiophene rings is 1. The molecule has 20 heavy (non-hydrogen) atoms. The summed E-state index contributed by atoms with van der Waals surface area (Å²) in [6.07, 6.45) is -4.68. The third-order valence-corrected chi connectivity index (χ3v) is 4.15. The van der Waals surface area contributed by atoms with E-state index in [1.165, 1.54) is 6.07 Å². The number of alkyl halides is 3. The summed E-state index contributed by atoms with van der Waals surface area (Å²) in [7, 11) is 0. The van der Waals surface area contributed by atoms with Crippen LogP contribution in [0.4, 0.5) is 13.2 Å². The van der Waals surface area contributed by atoms with E-state index >= 15 is 0 Å². The summed E-state index contributed by atoms with van der Waals surface area (Å²) in [6.45, 7) is -0.637. The molecule has 0 aliphatic rings. The number of carbonyl (C=O) groups is 1. The van der Waals surface area contributed by atoms with Gasteiger partial charge in [-0.1, -0.05) is 6.07 Å². The number of aromatic nitrogens is 1. The highest BCUT2D eigenvalue weighted by atomic mass is 79.9. The maximum Gasteiger partial charge on any atom is 0.431 e. The average Bonchev–Trinajstić information content (AvgIpc) is 2.77. The molecule has 0 saturated heterocycles. The molecule has 0 saturated carbocycles. The van der Waals surface area contributed by atoms with Crippen molar-refractivity contribution in [2.24, 2.45) is 0 Å². The zero-order valence-corrected chi connectivity index (χ0v) is 12.2. The molecule has 0 fully saturated rings. The van der Waals surface area contributed by atoms with Gasteiger partial charge in [0.05, 0.1) is 15.2 Å². The van der Waals surface area contributed by atoms with Crippen LogP contribution in [0.15, 0.2) is 38.9 Å². The Balaban J connectivity index is 2.39. The Bertz CT molecular complexity index is 705. The number of nitrogens with zero attached hydrogens (tertiary/aromatic N) is 1. The molecule has 3 nitrogen and oxygen atoms in total. The summed E-state index contributed by atoms with van der Waals surface area (Å²) in [6, 6.07) is 5.91. The molecule has 106 valence electrons. The molecule has 2 rings (SSSR count). The minimum atomic E-state index is -4.68. The van der Waals surface area contributed by atoms with Crippen molar-refractivity contribution in [2.45, 2.75) is 12.7 Å². The zero-order chi connectivity index (χ0) is 14.9. The van der Waals surface area contributed by atoms with E-state index in [2.05, 4.69) is 15.9 Å². The molecule has 2 aromatic rings. The van der Waals surface area contributed by atoms with E-state index in [0.29, 0.717) is 13.2 Å². The lowest BCUT2D eigenvalue weighted by molar-refractivity contribution is -0.144. The van der Waals surface area contributed by atoms with Crippen molar-refractivity contribution >= 4 is 33.0 Å². The first-order valence-electron chi connectivity index (χ1n) is 5.34. The van der Waals surface area contributed by atoms with Crippen molar-refractivity contribution in [3.05, 3.63) is 55.0 Å². The maximum absolute atomic E-state index is 12.8. The molecule has 0 atom stereocenters. The SMILES string of the molecule is O=C(Cn1c(C(F)(F)F)cccc1=O)c1ccc(Br)s1. The Kier molecular flexibility index (Phi) is 4.14. The van der Waals surface area contributed by atoms with Gasteiger partial charge in [-0.3, -0.25) is 14.2 Å². The largest absolute Gasteiger partial charge is 0.431 e. The fourth-order valence-electron chi connectivity index (χ4n) is 1.62. The second-order valence-corrected chi connectivity index (χ2v) is 6.32. The lowest BCUT2D eigenvalue weighted by Gasteiger charge is -2.13. The Hall–Kier alpha value is -1.41. The molecule has 0 amide bonds. The van der Waals surface area contributed by atoms with Crippen molar-refractivity contribution < 1.29 is 18.0 Å². The summed E-state index contributed by atoms with van der Waals surface area (Å²) in [5, 5.41) is 0. The normalized spacial score (nSPS) is 11.6. The summed E-state index contributed by atoms with van der Waals surface area (Å²) in [5.41, 5.74) is -1.99. The van der Waals surface area contributed by atoms with Crippen molar-refractivity contribution in [2.75, 3.05) is 0 Å². The zero-order valence-electron chi connectivity index (χ0n) is 9.78. The smallest absolute Gasteiger partial charge is 0.296 e. The second kappa shape index (κ2) is 5.53. The second-order valence-electron chi connectivity index (χ2n) is 3.86. The van der Waals surface area contributed by atoms with Crippen LogP contribution in [0.5, 0.6) is 0 Å². The Morgan fingerprint density at radius 2 is 1.95 bits per heavy atom. The summed E-state index contributed by atoms with van der Waals surface area (Å²) in [4.78, 5) is 23.8. The fourth-order valence-corrected chi connectivity index (χ4v) is 2.93. The van der Waals surface area contributed by atoms with E-state index in [-0.39, 0.29) is 0 Å². The first-order valence-corrected chi connectivity index (χ1v) is 6.95. The lowest BCUT2D eigenvalue weighted by atomic mass is 10.2. The number of ketones is 1. The summed E-state index contributed by atoms with van der Waals surface area (Å²) in [5.74, 6) is -0.542. The highest BCUT2D eigenvalue weighted by Crippen LogP contribution is 2.28. The quantitative estimate of drug-likeness (QED) is 0.780. The Morgan fingerprint density at radius 3 is 2.50 bits per heavy atom. The van der Waals surface area contributed by atoms with Crippen LogP contribution in [0.3, 0.4) is 0 Å². The monoisotopic (exact) mass is 365 g/mol. The number of hydrogen-bond acceptors (Lipinski definition) is 3. The molecule has 0 radical (unpaired) electrons. The summed E-state index contributed by atoms with van der Waals surface area (Å²) < 4.78 is 39.6. The van der Waals surface area contributed by atoms with Gasteiger partial charge in [0.25, 0.3) is 5.56 Å². The third-order valence-electron chi connectivity index (χ3n) is 2.49. The minimum Gasteiger partial charge on any atom is -0.296 e. The molecule has 2 heterocycles. The Labute approximate surface area is 123 Å². The fraction of sp³-hybridized carbons (Fsp3) is 0.167. The van der Waals surface area contributed by atoms with Crippen molar-refractivity contribution in [3.63, 3.8) is 0 Å². The van der Waals surface area contributed by atoms with Gasteiger partial charge in [0.2, 0.25) is 0 Å². The Morgan fingerprint density at radius 1 is 1.25 bits per heavy atom.